The van der Waals surface area contributed by atoms with E-state index in [2.05, 4.69) is 27.3 Å². The fraction of sp³-hybridized carbons (Fsp3) is 0.737. The third kappa shape index (κ3) is 5.06. The Morgan fingerprint density at radius 3 is 2.36 bits per heavy atom. The molecule has 1 saturated heterocycles. The van der Waals surface area contributed by atoms with Crippen LogP contribution >= 0.6 is 0 Å². The van der Waals surface area contributed by atoms with Crippen molar-refractivity contribution >= 4 is 0 Å². The summed E-state index contributed by atoms with van der Waals surface area (Å²) in [6.07, 6.45) is 14.2. The van der Waals surface area contributed by atoms with E-state index >= 15 is 0 Å². The van der Waals surface area contributed by atoms with E-state index in [1.54, 1.807) is 0 Å². The maximum absolute atomic E-state index is 4.43. The van der Waals surface area contributed by atoms with Crippen LogP contribution in [0.5, 0.6) is 0 Å². The first-order chi connectivity index (χ1) is 10.9. The molecule has 3 heteroatoms. The molecule has 1 aromatic rings. The average Bonchev–Trinajstić information content (AvgIpc) is 2.84. The van der Waals surface area contributed by atoms with Crippen molar-refractivity contribution in [1.82, 2.24) is 15.2 Å². The van der Waals surface area contributed by atoms with Crippen molar-refractivity contribution in [3.63, 3.8) is 0 Å². The quantitative estimate of drug-likeness (QED) is 0.845. The van der Waals surface area contributed by atoms with Gasteiger partial charge in [-0.1, -0.05) is 31.7 Å². The molecule has 0 radical (unpaired) electrons. The van der Waals surface area contributed by atoms with E-state index in [9.17, 15) is 0 Å². The Kier molecular flexibility index (Phi) is 6.26. The second-order valence-electron chi connectivity index (χ2n) is 7.04. The lowest BCUT2D eigenvalue weighted by atomic mass is 10.0. The van der Waals surface area contributed by atoms with Gasteiger partial charge in [0.1, 0.15) is 0 Å². The van der Waals surface area contributed by atoms with Crippen LogP contribution in [0.25, 0.3) is 0 Å². The molecule has 3 nitrogen and oxygen atoms in total. The van der Waals surface area contributed by atoms with E-state index in [1.807, 2.05) is 12.3 Å². The number of rotatable bonds is 5. The summed E-state index contributed by atoms with van der Waals surface area (Å²) in [6, 6.07) is 7.78. The largest absolute Gasteiger partial charge is 0.311 e. The van der Waals surface area contributed by atoms with E-state index in [0.29, 0.717) is 0 Å². The second-order valence-corrected chi connectivity index (χ2v) is 7.04. The normalized spacial score (nSPS) is 22.5. The minimum absolute atomic E-state index is 0.759. The van der Waals surface area contributed by atoms with Crippen molar-refractivity contribution < 1.29 is 0 Å². The molecule has 1 aromatic heterocycles. The number of hydrogen-bond acceptors (Lipinski definition) is 3. The molecule has 22 heavy (non-hydrogen) atoms. The van der Waals surface area contributed by atoms with Crippen molar-refractivity contribution in [2.45, 2.75) is 69.9 Å². The molecule has 1 aliphatic carbocycles. The lowest BCUT2D eigenvalue weighted by Gasteiger charge is -2.34. The summed E-state index contributed by atoms with van der Waals surface area (Å²) in [5.41, 5.74) is 1.22. The minimum Gasteiger partial charge on any atom is -0.311 e. The number of likely N-dealkylation sites (tertiary alicyclic amines) is 1. The predicted molar refractivity (Wildman–Crippen MR) is 92.0 cm³/mol. The van der Waals surface area contributed by atoms with Crippen LogP contribution in [0.4, 0.5) is 0 Å². The van der Waals surface area contributed by atoms with E-state index in [-0.39, 0.29) is 0 Å². The number of hydrogen-bond donors (Lipinski definition) is 1. The molecule has 2 aliphatic rings. The highest BCUT2D eigenvalue weighted by atomic mass is 15.1. The maximum atomic E-state index is 4.43. The Morgan fingerprint density at radius 2 is 1.68 bits per heavy atom. The number of pyridine rings is 1. The Bertz CT molecular complexity index is 404. The molecular formula is C19H31N3. The van der Waals surface area contributed by atoms with Crippen molar-refractivity contribution in [3.05, 3.63) is 30.1 Å². The van der Waals surface area contributed by atoms with Crippen LogP contribution in [0.15, 0.2) is 24.4 Å². The first-order valence-corrected chi connectivity index (χ1v) is 9.28. The minimum atomic E-state index is 0.759. The summed E-state index contributed by atoms with van der Waals surface area (Å²) < 4.78 is 0. The Labute approximate surface area is 135 Å². The van der Waals surface area contributed by atoms with Gasteiger partial charge in [0.2, 0.25) is 0 Å². The molecule has 1 saturated carbocycles. The van der Waals surface area contributed by atoms with E-state index < -0.39 is 0 Å². The van der Waals surface area contributed by atoms with Gasteiger partial charge < -0.3 is 10.2 Å². The highest BCUT2D eigenvalue weighted by Gasteiger charge is 2.22. The molecule has 2 heterocycles. The molecule has 1 aliphatic heterocycles. The van der Waals surface area contributed by atoms with Gasteiger partial charge in [-0.3, -0.25) is 4.98 Å². The molecule has 0 spiro atoms. The molecular weight excluding hydrogens is 270 g/mol. The number of nitrogens with zero attached hydrogens (tertiary/aromatic N) is 2. The summed E-state index contributed by atoms with van der Waals surface area (Å²) in [7, 11) is 0. The van der Waals surface area contributed by atoms with Gasteiger partial charge in [0.05, 0.1) is 0 Å². The smallest absolute Gasteiger partial charge is 0.0416 e. The second kappa shape index (κ2) is 8.64. The molecule has 0 unspecified atom stereocenters. The van der Waals surface area contributed by atoms with Crippen molar-refractivity contribution in [2.24, 2.45) is 0 Å². The first-order valence-electron chi connectivity index (χ1n) is 9.28. The number of aromatic nitrogens is 1. The topological polar surface area (TPSA) is 28.2 Å². The number of nitrogens with one attached hydrogen (secondary N) is 1. The van der Waals surface area contributed by atoms with Crippen LogP contribution in [0, 0.1) is 0 Å². The van der Waals surface area contributed by atoms with Crippen molar-refractivity contribution in [3.8, 4) is 0 Å². The zero-order chi connectivity index (χ0) is 15.0. The Morgan fingerprint density at radius 1 is 0.955 bits per heavy atom. The summed E-state index contributed by atoms with van der Waals surface area (Å²) in [5.74, 6) is 0. The third-order valence-corrected chi connectivity index (χ3v) is 5.32. The van der Waals surface area contributed by atoms with E-state index in [1.165, 1.54) is 70.2 Å². The van der Waals surface area contributed by atoms with Gasteiger partial charge in [0, 0.05) is 36.9 Å². The van der Waals surface area contributed by atoms with Crippen LogP contribution in [0.1, 0.15) is 57.1 Å². The first kappa shape index (κ1) is 15.9. The van der Waals surface area contributed by atoms with Crippen LogP contribution in [-0.4, -0.2) is 41.6 Å². The van der Waals surface area contributed by atoms with Gasteiger partial charge in [0.15, 0.2) is 0 Å². The molecule has 122 valence electrons. The van der Waals surface area contributed by atoms with Gasteiger partial charge in [-0.2, -0.15) is 0 Å². The number of piperidine rings is 1. The summed E-state index contributed by atoms with van der Waals surface area (Å²) in [5, 5.41) is 3.95. The van der Waals surface area contributed by atoms with Crippen LogP contribution < -0.4 is 5.32 Å². The van der Waals surface area contributed by atoms with Gasteiger partial charge in [-0.05, 0) is 50.9 Å². The van der Waals surface area contributed by atoms with Gasteiger partial charge in [-0.15, -0.1) is 0 Å². The molecule has 0 amide bonds. The molecule has 1 N–H and O–H groups in total. The fourth-order valence-corrected chi connectivity index (χ4v) is 3.92. The molecule has 0 atom stereocenters. The highest BCUT2D eigenvalue weighted by Crippen LogP contribution is 2.20. The molecule has 3 rings (SSSR count). The van der Waals surface area contributed by atoms with Gasteiger partial charge in [-0.25, -0.2) is 0 Å². The highest BCUT2D eigenvalue weighted by molar-refractivity contribution is 5.03. The molecule has 0 bridgehead atoms. The fourth-order valence-electron chi connectivity index (χ4n) is 3.92. The zero-order valence-electron chi connectivity index (χ0n) is 13.8. The third-order valence-electron chi connectivity index (χ3n) is 5.32. The van der Waals surface area contributed by atoms with Crippen LogP contribution in [0.2, 0.25) is 0 Å². The maximum Gasteiger partial charge on any atom is 0.0416 e. The van der Waals surface area contributed by atoms with E-state index in [0.717, 1.165) is 25.0 Å². The summed E-state index contributed by atoms with van der Waals surface area (Å²) in [4.78, 5) is 7.04. The zero-order valence-corrected chi connectivity index (χ0v) is 13.8. The van der Waals surface area contributed by atoms with Crippen LogP contribution in [-0.2, 0) is 6.42 Å². The lowest BCUT2D eigenvalue weighted by molar-refractivity contribution is 0.189. The van der Waals surface area contributed by atoms with E-state index in [4.69, 9.17) is 0 Å². The molecule has 2 fully saturated rings. The molecule has 0 aromatic carbocycles. The average molecular weight is 301 g/mol. The van der Waals surface area contributed by atoms with Crippen molar-refractivity contribution in [1.29, 1.82) is 0 Å². The standard InChI is InChI=1S/C19H31N3/c1-2-4-9-18(8-3-1)21-19-11-15-22(16-12-19)14-10-17-7-5-6-13-20-17/h5-7,13,18-19,21H,1-4,8-12,14-16H2. The Balaban J connectivity index is 1.35. The van der Waals surface area contributed by atoms with Gasteiger partial charge >= 0.3 is 0 Å². The lowest BCUT2D eigenvalue weighted by Crippen LogP contribution is -2.46. The Hall–Kier alpha value is -0.930. The summed E-state index contributed by atoms with van der Waals surface area (Å²) in [6.45, 7) is 3.65. The summed E-state index contributed by atoms with van der Waals surface area (Å²) >= 11 is 0. The van der Waals surface area contributed by atoms with Gasteiger partial charge in [0.25, 0.3) is 0 Å². The van der Waals surface area contributed by atoms with Crippen LogP contribution in [0.3, 0.4) is 0 Å². The van der Waals surface area contributed by atoms with Crippen molar-refractivity contribution in [2.75, 3.05) is 19.6 Å². The monoisotopic (exact) mass is 301 g/mol. The predicted octanol–water partition coefficient (Wildman–Crippen LogP) is 3.40. The SMILES string of the molecule is c1ccc(CCN2CCC(NC3CCCCCC3)CC2)nc1.